The number of benzene rings is 1. The van der Waals surface area contributed by atoms with Crippen molar-refractivity contribution in [2.45, 2.75) is 25.5 Å². The number of hydrogen-bond acceptors (Lipinski definition) is 4. The number of carbonyl (C=O) groups excluding carboxylic acids is 1. The van der Waals surface area contributed by atoms with Gasteiger partial charge in [-0.25, -0.2) is 0 Å². The molecule has 0 saturated carbocycles. The first-order chi connectivity index (χ1) is 9.53. The van der Waals surface area contributed by atoms with E-state index in [0.717, 1.165) is 5.56 Å². The van der Waals surface area contributed by atoms with Crippen molar-refractivity contribution in [1.29, 1.82) is 0 Å². The molecule has 0 aliphatic carbocycles. The standard InChI is InChI=1S/C15H24N2O3/c1-12(2)20-10-9-19-11-15(17-3,14(16)18)13-7-5-4-6-8-13/h4-8,12,17H,9-11H2,1-3H3,(H2,16,18). The monoisotopic (exact) mass is 280 g/mol. The molecule has 112 valence electrons. The summed E-state index contributed by atoms with van der Waals surface area (Å²) in [4.78, 5) is 11.9. The van der Waals surface area contributed by atoms with Crippen LogP contribution in [0.25, 0.3) is 0 Å². The molecule has 0 saturated heterocycles. The smallest absolute Gasteiger partial charge is 0.244 e. The van der Waals surface area contributed by atoms with Crippen molar-refractivity contribution >= 4 is 5.91 Å². The number of nitrogens with one attached hydrogen (secondary N) is 1. The van der Waals surface area contributed by atoms with Crippen molar-refractivity contribution in [1.82, 2.24) is 5.32 Å². The van der Waals surface area contributed by atoms with Crippen LogP contribution in [0.4, 0.5) is 0 Å². The van der Waals surface area contributed by atoms with E-state index in [4.69, 9.17) is 15.2 Å². The van der Waals surface area contributed by atoms with Crippen LogP contribution >= 0.6 is 0 Å². The Bertz CT molecular complexity index is 409. The van der Waals surface area contributed by atoms with Gasteiger partial charge in [0.15, 0.2) is 0 Å². The van der Waals surface area contributed by atoms with Gasteiger partial charge < -0.3 is 20.5 Å². The zero-order valence-corrected chi connectivity index (χ0v) is 12.4. The van der Waals surface area contributed by atoms with Gasteiger partial charge in [0.2, 0.25) is 5.91 Å². The predicted molar refractivity (Wildman–Crippen MR) is 78.3 cm³/mol. The lowest BCUT2D eigenvalue weighted by Crippen LogP contribution is -2.54. The van der Waals surface area contributed by atoms with Crippen molar-refractivity contribution in [3.8, 4) is 0 Å². The van der Waals surface area contributed by atoms with E-state index in [2.05, 4.69) is 5.32 Å². The molecular weight excluding hydrogens is 256 g/mol. The van der Waals surface area contributed by atoms with Gasteiger partial charge >= 0.3 is 0 Å². The van der Waals surface area contributed by atoms with Gasteiger partial charge in [-0.2, -0.15) is 0 Å². The Morgan fingerprint density at radius 2 is 1.95 bits per heavy atom. The summed E-state index contributed by atoms with van der Waals surface area (Å²) in [7, 11) is 1.70. The molecule has 1 unspecified atom stereocenters. The predicted octanol–water partition coefficient (Wildman–Crippen LogP) is 1.03. The number of ether oxygens (including phenoxy) is 2. The minimum Gasteiger partial charge on any atom is -0.376 e. The molecule has 1 aromatic carbocycles. The third kappa shape index (κ3) is 4.30. The fourth-order valence-electron chi connectivity index (χ4n) is 1.93. The Morgan fingerprint density at radius 3 is 2.45 bits per heavy atom. The van der Waals surface area contributed by atoms with Crippen LogP contribution in [0.1, 0.15) is 19.4 Å². The number of hydrogen-bond donors (Lipinski definition) is 2. The second-order valence-electron chi connectivity index (χ2n) is 4.86. The topological polar surface area (TPSA) is 73.6 Å². The number of carbonyl (C=O) groups is 1. The molecule has 1 aromatic rings. The molecule has 3 N–H and O–H groups in total. The number of primary amides is 1. The quantitative estimate of drug-likeness (QED) is 0.663. The van der Waals surface area contributed by atoms with Crippen LogP contribution in [0, 0.1) is 0 Å². The van der Waals surface area contributed by atoms with Crippen LogP contribution in [0.5, 0.6) is 0 Å². The maximum absolute atomic E-state index is 11.9. The van der Waals surface area contributed by atoms with Gasteiger partial charge in [0, 0.05) is 0 Å². The van der Waals surface area contributed by atoms with Crippen LogP contribution in [0.2, 0.25) is 0 Å². The SMILES string of the molecule is CNC(COCCOC(C)C)(C(N)=O)c1ccccc1. The second-order valence-corrected chi connectivity index (χ2v) is 4.86. The zero-order chi connectivity index (χ0) is 15.0. The van der Waals surface area contributed by atoms with E-state index in [0.29, 0.717) is 13.2 Å². The Labute approximate surface area is 120 Å². The average Bonchev–Trinajstić information content (AvgIpc) is 2.43. The Balaban J connectivity index is 2.68. The van der Waals surface area contributed by atoms with Gasteiger partial charge in [0.25, 0.3) is 0 Å². The van der Waals surface area contributed by atoms with Crippen LogP contribution in [-0.4, -0.2) is 38.9 Å². The minimum atomic E-state index is -1.01. The molecule has 0 radical (unpaired) electrons. The van der Waals surface area contributed by atoms with E-state index in [-0.39, 0.29) is 12.7 Å². The molecule has 0 aromatic heterocycles. The van der Waals surface area contributed by atoms with Crippen molar-refractivity contribution in [2.75, 3.05) is 26.9 Å². The zero-order valence-electron chi connectivity index (χ0n) is 12.4. The third-order valence-corrected chi connectivity index (χ3v) is 3.11. The Morgan fingerprint density at radius 1 is 1.30 bits per heavy atom. The maximum Gasteiger partial charge on any atom is 0.244 e. The number of amides is 1. The highest BCUT2D eigenvalue weighted by Gasteiger charge is 2.37. The highest BCUT2D eigenvalue weighted by atomic mass is 16.5. The highest BCUT2D eigenvalue weighted by molar-refractivity contribution is 5.86. The molecule has 1 amide bonds. The van der Waals surface area contributed by atoms with Crippen LogP contribution in [-0.2, 0) is 19.8 Å². The Hall–Kier alpha value is -1.43. The molecule has 0 heterocycles. The van der Waals surface area contributed by atoms with Crippen molar-refractivity contribution in [2.24, 2.45) is 5.73 Å². The first kappa shape index (κ1) is 16.6. The van der Waals surface area contributed by atoms with Crippen LogP contribution in [0.3, 0.4) is 0 Å². The molecule has 0 fully saturated rings. The van der Waals surface area contributed by atoms with Gasteiger partial charge in [-0.05, 0) is 26.5 Å². The van der Waals surface area contributed by atoms with Crippen molar-refractivity contribution in [3.63, 3.8) is 0 Å². The average molecular weight is 280 g/mol. The molecule has 0 spiro atoms. The van der Waals surface area contributed by atoms with E-state index < -0.39 is 11.4 Å². The van der Waals surface area contributed by atoms with Crippen LogP contribution < -0.4 is 11.1 Å². The molecule has 1 atom stereocenters. The lowest BCUT2D eigenvalue weighted by atomic mass is 9.90. The molecule has 20 heavy (non-hydrogen) atoms. The molecule has 0 aliphatic heterocycles. The summed E-state index contributed by atoms with van der Waals surface area (Å²) in [5, 5.41) is 2.99. The lowest BCUT2D eigenvalue weighted by Gasteiger charge is -2.30. The summed E-state index contributed by atoms with van der Waals surface area (Å²) in [6, 6.07) is 9.34. The minimum absolute atomic E-state index is 0.165. The van der Waals surface area contributed by atoms with E-state index in [9.17, 15) is 4.79 Å². The summed E-state index contributed by atoms with van der Waals surface area (Å²) in [6.45, 7) is 5.01. The molecule has 5 heteroatoms. The van der Waals surface area contributed by atoms with E-state index in [1.165, 1.54) is 0 Å². The van der Waals surface area contributed by atoms with E-state index in [1.54, 1.807) is 7.05 Å². The molecule has 1 rings (SSSR count). The third-order valence-electron chi connectivity index (χ3n) is 3.11. The molecular formula is C15H24N2O3. The Kier molecular flexibility index (Phi) is 6.64. The summed E-state index contributed by atoms with van der Waals surface area (Å²) >= 11 is 0. The lowest BCUT2D eigenvalue weighted by molar-refractivity contribution is -0.127. The van der Waals surface area contributed by atoms with Gasteiger partial charge in [-0.3, -0.25) is 4.79 Å². The van der Waals surface area contributed by atoms with Gasteiger partial charge in [0.05, 0.1) is 25.9 Å². The molecule has 0 aliphatic rings. The van der Waals surface area contributed by atoms with Gasteiger partial charge in [0.1, 0.15) is 5.54 Å². The van der Waals surface area contributed by atoms with Gasteiger partial charge in [-0.15, -0.1) is 0 Å². The largest absolute Gasteiger partial charge is 0.376 e. The first-order valence-electron chi connectivity index (χ1n) is 6.76. The summed E-state index contributed by atoms with van der Waals surface area (Å²) < 4.78 is 11.0. The number of likely N-dealkylation sites (N-methyl/N-ethyl adjacent to an activating group) is 1. The normalized spacial score (nSPS) is 14.2. The fourth-order valence-corrected chi connectivity index (χ4v) is 1.93. The summed E-state index contributed by atoms with van der Waals surface area (Å²) in [6.07, 6.45) is 0.165. The number of nitrogens with two attached hydrogens (primary N) is 1. The summed E-state index contributed by atoms with van der Waals surface area (Å²) in [5.41, 5.74) is 5.34. The molecule has 5 nitrogen and oxygen atoms in total. The fraction of sp³-hybridized carbons (Fsp3) is 0.533. The van der Waals surface area contributed by atoms with E-state index >= 15 is 0 Å². The maximum atomic E-state index is 11.9. The summed E-state index contributed by atoms with van der Waals surface area (Å²) in [5.74, 6) is -0.462. The van der Waals surface area contributed by atoms with Crippen molar-refractivity contribution < 1.29 is 14.3 Å². The van der Waals surface area contributed by atoms with Gasteiger partial charge in [-0.1, -0.05) is 30.3 Å². The molecule has 0 bridgehead atoms. The first-order valence-corrected chi connectivity index (χ1v) is 6.76. The van der Waals surface area contributed by atoms with Crippen LogP contribution in [0.15, 0.2) is 30.3 Å². The van der Waals surface area contributed by atoms with E-state index in [1.807, 2.05) is 44.2 Å². The number of rotatable bonds is 9. The van der Waals surface area contributed by atoms with Crippen molar-refractivity contribution in [3.05, 3.63) is 35.9 Å². The highest BCUT2D eigenvalue weighted by Crippen LogP contribution is 2.21. The second kappa shape index (κ2) is 7.99.